The molecule has 0 saturated carbocycles. The van der Waals surface area contributed by atoms with Crippen LogP contribution in [0.1, 0.15) is 24.5 Å². The average Bonchev–Trinajstić information content (AvgIpc) is 2.97. The average molecular weight is 539 g/mol. The Bertz CT molecular complexity index is 1100. The highest BCUT2D eigenvalue weighted by atomic mass is 16.5. The first-order valence-corrected chi connectivity index (χ1v) is 13.0. The van der Waals surface area contributed by atoms with Gasteiger partial charge in [-0.2, -0.15) is 0 Å². The third-order valence-electron chi connectivity index (χ3n) is 6.84. The second-order valence-corrected chi connectivity index (χ2v) is 9.63. The zero-order chi connectivity index (χ0) is 28.9. The molecule has 0 saturated heterocycles. The fourth-order valence-corrected chi connectivity index (χ4v) is 4.09. The van der Waals surface area contributed by atoms with E-state index in [-0.39, 0.29) is 30.1 Å². The van der Waals surface area contributed by atoms with Crippen LogP contribution in [-0.2, 0) is 27.2 Å². The molecule has 3 atom stereocenters. The minimum absolute atomic E-state index is 0.244. The van der Waals surface area contributed by atoms with Crippen LogP contribution in [0.4, 0.5) is 0 Å². The molecule has 0 aliphatic heterocycles. The second-order valence-electron chi connectivity index (χ2n) is 9.63. The minimum Gasteiger partial charge on any atom is -0.497 e. The van der Waals surface area contributed by atoms with Crippen molar-refractivity contribution in [1.82, 2.24) is 15.1 Å². The highest BCUT2D eigenvalue weighted by Crippen LogP contribution is 2.19. The van der Waals surface area contributed by atoms with Crippen LogP contribution in [0.25, 0.3) is 0 Å². The lowest BCUT2D eigenvalue weighted by molar-refractivity contribution is -0.146. The van der Waals surface area contributed by atoms with E-state index >= 15 is 0 Å². The van der Waals surface area contributed by atoms with Crippen molar-refractivity contribution in [1.29, 1.82) is 0 Å². The number of ether oxygens (including phenoxy) is 2. The van der Waals surface area contributed by atoms with Gasteiger partial charge in [-0.05, 0) is 60.4 Å². The molecule has 1 unspecified atom stereocenters. The molecule has 0 spiro atoms. The molecule has 2 aromatic carbocycles. The van der Waals surface area contributed by atoms with Gasteiger partial charge in [-0.15, -0.1) is 0 Å². The summed E-state index contributed by atoms with van der Waals surface area (Å²) in [7, 11) is 7.92. The fourth-order valence-electron chi connectivity index (χ4n) is 4.09. The molecule has 212 valence electrons. The van der Waals surface area contributed by atoms with Crippen LogP contribution in [-0.4, -0.2) is 81.5 Å². The highest BCUT2D eigenvalue weighted by molar-refractivity contribution is 5.95. The molecule has 0 heterocycles. The summed E-state index contributed by atoms with van der Waals surface area (Å²) in [4.78, 5) is 42.9. The Morgan fingerprint density at radius 2 is 1.36 bits per heavy atom. The number of carbonyl (C=O) groups excluding carboxylic acids is 3. The van der Waals surface area contributed by atoms with E-state index in [1.165, 1.54) is 15.9 Å². The van der Waals surface area contributed by atoms with Gasteiger partial charge in [0.05, 0.1) is 14.2 Å². The van der Waals surface area contributed by atoms with Crippen LogP contribution < -0.4 is 20.5 Å². The SMILES string of the molecule is CNC(=O)[C@@H](Cc1ccc(OC)cc1)N(C)C(=O)[C@@H](Cc1ccc(OC)cc1)N(C)C(=O)C=CCC(C)CN. The molecule has 0 aromatic heterocycles. The molecule has 3 N–H and O–H groups in total. The van der Waals surface area contributed by atoms with Crippen LogP contribution in [0.15, 0.2) is 60.7 Å². The predicted octanol–water partition coefficient (Wildman–Crippen LogP) is 2.43. The number of likely N-dealkylation sites (N-methyl/N-ethyl adjacent to an activating group) is 3. The molecule has 3 amide bonds. The van der Waals surface area contributed by atoms with E-state index in [1.807, 2.05) is 55.5 Å². The van der Waals surface area contributed by atoms with Gasteiger partial charge in [0.15, 0.2) is 0 Å². The summed E-state index contributed by atoms with van der Waals surface area (Å²) in [5.41, 5.74) is 7.41. The normalized spacial score (nSPS) is 13.3. The maximum Gasteiger partial charge on any atom is 0.246 e. The quantitative estimate of drug-likeness (QED) is 0.357. The first-order chi connectivity index (χ1) is 18.6. The van der Waals surface area contributed by atoms with Gasteiger partial charge in [-0.1, -0.05) is 37.3 Å². The zero-order valence-corrected chi connectivity index (χ0v) is 23.8. The van der Waals surface area contributed by atoms with Gasteiger partial charge in [0.1, 0.15) is 23.6 Å². The second kappa shape index (κ2) is 15.5. The molecule has 0 aliphatic rings. The number of nitrogens with two attached hydrogens (primary N) is 1. The maximum atomic E-state index is 14.0. The van der Waals surface area contributed by atoms with E-state index in [2.05, 4.69) is 5.32 Å². The Kier molecular flexibility index (Phi) is 12.5. The fraction of sp³-hybridized carbons (Fsp3) is 0.433. The molecule has 0 radical (unpaired) electrons. The van der Waals surface area contributed by atoms with Gasteiger partial charge in [0, 0.05) is 34.0 Å². The summed E-state index contributed by atoms with van der Waals surface area (Å²) in [6.07, 6.45) is 4.49. The van der Waals surface area contributed by atoms with E-state index in [0.29, 0.717) is 30.9 Å². The number of nitrogens with zero attached hydrogens (tertiary/aromatic N) is 2. The topological polar surface area (TPSA) is 114 Å². The van der Waals surface area contributed by atoms with E-state index < -0.39 is 12.1 Å². The summed E-state index contributed by atoms with van der Waals surface area (Å²) >= 11 is 0. The number of rotatable bonds is 14. The standard InChI is InChI=1S/C30H42N4O5/c1-21(20-31)8-7-9-28(35)33(3)27(19-23-12-16-25(39-6)17-13-23)30(37)34(4)26(29(36)32-2)18-22-10-14-24(38-5)15-11-22/h7,9-17,21,26-27H,8,18-20,31H2,1-6H3,(H,32,36)/t21?,26-,27-/m1/s1. The molecule has 2 rings (SSSR count). The number of benzene rings is 2. The van der Waals surface area contributed by atoms with Crippen LogP contribution in [0.2, 0.25) is 0 Å². The van der Waals surface area contributed by atoms with E-state index in [9.17, 15) is 14.4 Å². The van der Waals surface area contributed by atoms with Crippen molar-refractivity contribution < 1.29 is 23.9 Å². The summed E-state index contributed by atoms with van der Waals surface area (Å²) < 4.78 is 10.5. The van der Waals surface area contributed by atoms with Crippen molar-refractivity contribution in [3.63, 3.8) is 0 Å². The lowest BCUT2D eigenvalue weighted by atomic mass is 10.00. The summed E-state index contributed by atoms with van der Waals surface area (Å²) in [5, 5.41) is 2.67. The predicted molar refractivity (Wildman–Crippen MR) is 153 cm³/mol. The van der Waals surface area contributed by atoms with E-state index in [4.69, 9.17) is 15.2 Å². The molecule has 0 fully saturated rings. The van der Waals surface area contributed by atoms with Gasteiger partial charge in [-0.3, -0.25) is 14.4 Å². The molecule has 9 heteroatoms. The molecule has 0 aliphatic carbocycles. The Morgan fingerprint density at radius 1 is 0.872 bits per heavy atom. The molecule has 0 bridgehead atoms. The molecule has 39 heavy (non-hydrogen) atoms. The Balaban J connectivity index is 2.35. The van der Waals surface area contributed by atoms with Crippen molar-refractivity contribution in [2.45, 2.75) is 38.3 Å². The third kappa shape index (κ3) is 9.14. The van der Waals surface area contributed by atoms with E-state index in [0.717, 1.165) is 11.1 Å². The van der Waals surface area contributed by atoms with Crippen LogP contribution in [0.5, 0.6) is 11.5 Å². The van der Waals surface area contributed by atoms with Crippen molar-refractivity contribution in [3.8, 4) is 11.5 Å². The van der Waals surface area contributed by atoms with Gasteiger partial charge >= 0.3 is 0 Å². The molecular formula is C30H42N4O5. The number of hydrogen-bond acceptors (Lipinski definition) is 6. The van der Waals surface area contributed by atoms with Crippen LogP contribution in [0.3, 0.4) is 0 Å². The Labute approximate surface area is 231 Å². The van der Waals surface area contributed by atoms with Crippen molar-refractivity contribution >= 4 is 17.7 Å². The number of nitrogens with one attached hydrogen (secondary N) is 1. The van der Waals surface area contributed by atoms with Crippen molar-refractivity contribution in [2.24, 2.45) is 11.7 Å². The summed E-state index contributed by atoms with van der Waals surface area (Å²) in [6.45, 7) is 2.53. The minimum atomic E-state index is -0.837. The van der Waals surface area contributed by atoms with Crippen LogP contribution >= 0.6 is 0 Å². The van der Waals surface area contributed by atoms with Crippen molar-refractivity contribution in [2.75, 3.05) is 41.9 Å². The smallest absolute Gasteiger partial charge is 0.246 e. The molecule has 2 aromatic rings. The van der Waals surface area contributed by atoms with Crippen LogP contribution in [0, 0.1) is 5.92 Å². The third-order valence-corrected chi connectivity index (χ3v) is 6.84. The lowest BCUT2D eigenvalue weighted by Gasteiger charge is -2.34. The first kappa shape index (κ1) is 31.4. The summed E-state index contributed by atoms with van der Waals surface area (Å²) in [6, 6.07) is 13.1. The van der Waals surface area contributed by atoms with Crippen molar-refractivity contribution in [3.05, 3.63) is 71.8 Å². The number of amides is 3. The lowest BCUT2D eigenvalue weighted by Crippen LogP contribution is -2.55. The zero-order valence-electron chi connectivity index (χ0n) is 23.8. The number of methoxy groups -OCH3 is 2. The first-order valence-electron chi connectivity index (χ1n) is 13.0. The molecular weight excluding hydrogens is 496 g/mol. The van der Waals surface area contributed by atoms with Gasteiger partial charge < -0.3 is 30.3 Å². The summed E-state index contributed by atoms with van der Waals surface area (Å²) in [5.74, 6) is 0.703. The van der Waals surface area contributed by atoms with Gasteiger partial charge in [-0.25, -0.2) is 0 Å². The molecule has 9 nitrogen and oxygen atoms in total. The van der Waals surface area contributed by atoms with E-state index in [1.54, 1.807) is 41.4 Å². The van der Waals surface area contributed by atoms with Gasteiger partial charge in [0.2, 0.25) is 17.7 Å². The maximum absolute atomic E-state index is 14.0. The monoisotopic (exact) mass is 538 g/mol. The Morgan fingerprint density at radius 3 is 1.79 bits per heavy atom. The van der Waals surface area contributed by atoms with Gasteiger partial charge in [0.25, 0.3) is 0 Å². The number of hydrogen-bond donors (Lipinski definition) is 2. The number of carbonyl (C=O) groups is 3. The Hall–Kier alpha value is -3.85. The largest absolute Gasteiger partial charge is 0.497 e. The highest BCUT2D eigenvalue weighted by Gasteiger charge is 2.34. The number of allylic oxidation sites excluding steroid dienone is 1.